The summed E-state index contributed by atoms with van der Waals surface area (Å²) in [5.41, 5.74) is 1.27. The molecule has 0 atom stereocenters. The molecule has 0 unspecified atom stereocenters. The highest BCUT2D eigenvalue weighted by Gasteiger charge is 2.21. The summed E-state index contributed by atoms with van der Waals surface area (Å²) in [6, 6.07) is 18.1. The number of rotatable bonds is 6. The largest absolute Gasteiger partial charge is 0.321 e. The highest BCUT2D eigenvalue weighted by atomic mass is 35.5. The predicted octanol–water partition coefficient (Wildman–Crippen LogP) is 4.46. The second-order valence-electron chi connectivity index (χ2n) is 6.19. The Kier molecular flexibility index (Phi) is 6.54. The smallest absolute Gasteiger partial charge is 0.275 e. The second-order valence-corrected chi connectivity index (χ2v) is 9.03. The summed E-state index contributed by atoms with van der Waals surface area (Å²) in [5.74, 6) is -0.547. The summed E-state index contributed by atoms with van der Waals surface area (Å²) in [6.07, 6.45) is 0. The van der Waals surface area contributed by atoms with Gasteiger partial charge in [0, 0.05) is 19.3 Å². The van der Waals surface area contributed by atoms with Gasteiger partial charge in [0.2, 0.25) is 10.0 Å². The Hall–Kier alpha value is -2.45. The van der Waals surface area contributed by atoms with E-state index in [1.54, 1.807) is 0 Å². The zero-order chi connectivity index (χ0) is 21.0. The van der Waals surface area contributed by atoms with Crippen LogP contribution in [0, 0.1) is 0 Å². The van der Waals surface area contributed by atoms with Crippen LogP contribution in [0.15, 0.2) is 71.6 Å². The summed E-state index contributed by atoms with van der Waals surface area (Å²) in [4.78, 5) is 16.4. The molecule has 0 aliphatic rings. The average molecular weight is 450 g/mol. The lowest BCUT2D eigenvalue weighted by Gasteiger charge is -2.17. The molecule has 9 heteroatoms. The third-order valence-electron chi connectivity index (χ3n) is 4.10. The number of amides is 1. The Morgan fingerprint density at radius 2 is 1.66 bits per heavy atom. The summed E-state index contributed by atoms with van der Waals surface area (Å²) in [7, 11) is -2.16. The molecule has 0 saturated carbocycles. The Balaban J connectivity index is 1.73. The summed E-state index contributed by atoms with van der Waals surface area (Å²) in [6.45, 7) is 0.251. The van der Waals surface area contributed by atoms with Crippen LogP contribution in [-0.4, -0.2) is 30.7 Å². The van der Waals surface area contributed by atoms with Crippen molar-refractivity contribution < 1.29 is 13.2 Å². The quantitative estimate of drug-likeness (QED) is 0.563. The molecule has 1 heterocycles. The standard InChI is InChI=1S/C20H17Cl2N3O3S/c1-25(13-14-5-3-2-4-6-14)29(27,28)16-9-7-15(8-10-16)23-20(26)19-17(21)11-12-18(22)24-19/h2-12H,13H2,1H3,(H,23,26). The maximum absolute atomic E-state index is 12.8. The number of anilines is 1. The number of nitrogens with one attached hydrogen (secondary N) is 1. The zero-order valence-corrected chi connectivity index (χ0v) is 17.7. The van der Waals surface area contributed by atoms with Crippen molar-refractivity contribution in [2.24, 2.45) is 0 Å². The van der Waals surface area contributed by atoms with E-state index in [1.165, 1.54) is 47.8 Å². The minimum absolute atomic E-state index is 0.0153. The molecule has 1 aromatic heterocycles. The number of benzene rings is 2. The highest BCUT2D eigenvalue weighted by molar-refractivity contribution is 7.89. The van der Waals surface area contributed by atoms with Crippen LogP contribution in [0.1, 0.15) is 16.1 Å². The summed E-state index contributed by atoms with van der Waals surface area (Å²) >= 11 is 11.8. The molecule has 3 aromatic rings. The number of halogens is 2. The summed E-state index contributed by atoms with van der Waals surface area (Å²) in [5, 5.41) is 2.92. The molecule has 0 aliphatic heterocycles. The first-order chi connectivity index (χ1) is 13.8. The number of carbonyl (C=O) groups is 1. The van der Waals surface area contributed by atoms with Gasteiger partial charge in [-0.3, -0.25) is 4.79 Å². The lowest BCUT2D eigenvalue weighted by Crippen LogP contribution is -2.26. The van der Waals surface area contributed by atoms with E-state index >= 15 is 0 Å². The van der Waals surface area contributed by atoms with Gasteiger partial charge in [0.05, 0.1) is 9.92 Å². The van der Waals surface area contributed by atoms with Gasteiger partial charge in [-0.2, -0.15) is 4.31 Å². The lowest BCUT2D eigenvalue weighted by molar-refractivity contribution is 0.102. The van der Waals surface area contributed by atoms with Gasteiger partial charge in [-0.25, -0.2) is 13.4 Å². The molecule has 6 nitrogen and oxygen atoms in total. The van der Waals surface area contributed by atoms with Gasteiger partial charge in [0.15, 0.2) is 0 Å². The Labute approximate surface area is 179 Å². The molecule has 3 rings (SSSR count). The van der Waals surface area contributed by atoms with E-state index in [0.29, 0.717) is 5.69 Å². The van der Waals surface area contributed by atoms with Crippen LogP contribution in [0.4, 0.5) is 5.69 Å². The van der Waals surface area contributed by atoms with Gasteiger partial charge < -0.3 is 5.32 Å². The van der Waals surface area contributed by atoms with Crippen LogP contribution in [-0.2, 0) is 16.6 Å². The van der Waals surface area contributed by atoms with Crippen LogP contribution in [0.3, 0.4) is 0 Å². The van der Waals surface area contributed by atoms with Crippen molar-refractivity contribution in [1.82, 2.24) is 9.29 Å². The first kappa shape index (κ1) is 21.3. The Morgan fingerprint density at radius 1 is 1.00 bits per heavy atom. The van der Waals surface area contributed by atoms with E-state index in [0.717, 1.165) is 5.56 Å². The SMILES string of the molecule is CN(Cc1ccccc1)S(=O)(=O)c1ccc(NC(=O)c2nc(Cl)ccc2Cl)cc1. The van der Waals surface area contributed by atoms with E-state index in [2.05, 4.69) is 10.3 Å². The molecule has 1 amide bonds. The lowest BCUT2D eigenvalue weighted by atomic mass is 10.2. The van der Waals surface area contributed by atoms with Crippen LogP contribution in [0.25, 0.3) is 0 Å². The topological polar surface area (TPSA) is 79.4 Å². The normalized spacial score (nSPS) is 11.4. The van der Waals surface area contributed by atoms with Crippen molar-refractivity contribution in [3.8, 4) is 0 Å². The molecule has 0 aliphatic carbocycles. The minimum atomic E-state index is -3.68. The fourth-order valence-electron chi connectivity index (χ4n) is 2.58. The van der Waals surface area contributed by atoms with Crippen molar-refractivity contribution in [3.63, 3.8) is 0 Å². The first-order valence-electron chi connectivity index (χ1n) is 8.51. The predicted molar refractivity (Wildman–Crippen MR) is 114 cm³/mol. The fraction of sp³-hybridized carbons (Fsp3) is 0.100. The van der Waals surface area contributed by atoms with Crippen LogP contribution in [0.5, 0.6) is 0 Å². The second kappa shape index (κ2) is 8.92. The molecular formula is C20H17Cl2N3O3S. The molecule has 2 aromatic carbocycles. The highest BCUT2D eigenvalue weighted by Crippen LogP contribution is 2.21. The Bertz CT molecular complexity index is 1120. The third kappa shape index (κ3) is 5.13. The number of hydrogen-bond donors (Lipinski definition) is 1. The van der Waals surface area contributed by atoms with Gasteiger partial charge in [-0.15, -0.1) is 0 Å². The van der Waals surface area contributed by atoms with Gasteiger partial charge in [0.1, 0.15) is 10.8 Å². The molecule has 29 heavy (non-hydrogen) atoms. The van der Waals surface area contributed by atoms with E-state index in [9.17, 15) is 13.2 Å². The van der Waals surface area contributed by atoms with Gasteiger partial charge in [-0.05, 0) is 42.0 Å². The van der Waals surface area contributed by atoms with Crippen molar-refractivity contribution in [3.05, 3.63) is 88.2 Å². The monoisotopic (exact) mass is 449 g/mol. The van der Waals surface area contributed by atoms with Crippen LogP contribution < -0.4 is 5.32 Å². The fourth-order valence-corrected chi connectivity index (χ4v) is 4.08. The average Bonchev–Trinajstić information content (AvgIpc) is 2.71. The summed E-state index contributed by atoms with van der Waals surface area (Å²) < 4.78 is 26.8. The van der Waals surface area contributed by atoms with Gasteiger partial charge in [0.25, 0.3) is 5.91 Å². The molecule has 0 saturated heterocycles. The van der Waals surface area contributed by atoms with E-state index in [4.69, 9.17) is 23.2 Å². The molecule has 0 spiro atoms. The van der Waals surface area contributed by atoms with Gasteiger partial charge >= 0.3 is 0 Å². The molecule has 0 radical (unpaired) electrons. The number of hydrogen-bond acceptors (Lipinski definition) is 4. The third-order valence-corrected chi connectivity index (χ3v) is 6.43. The van der Waals surface area contributed by atoms with Crippen molar-refractivity contribution in [1.29, 1.82) is 0 Å². The van der Waals surface area contributed by atoms with E-state index < -0.39 is 15.9 Å². The van der Waals surface area contributed by atoms with E-state index in [1.807, 2.05) is 30.3 Å². The van der Waals surface area contributed by atoms with E-state index in [-0.39, 0.29) is 27.3 Å². The molecule has 0 fully saturated rings. The number of sulfonamides is 1. The number of carbonyl (C=O) groups excluding carboxylic acids is 1. The van der Waals surface area contributed by atoms with Crippen molar-refractivity contribution in [2.45, 2.75) is 11.4 Å². The molecule has 0 bridgehead atoms. The minimum Gasteiger partial charge on any atom is -0.321 e. The maximum atomic E-state index is 12.8. The van der Waals surface area contributed by atoms with Crippen LogP contribution >= 0.6 is 23.2 Å². The number of aromatic nitrogens is 1. The van der Waals surface area contributed by atoms with Crippen molar-refractivity contribution >= 4 is 44.8 Å². The molecule has 150 valence electrons. The number of nitrogens with zero attached hydrogens (tertiary/aromatic N) is 2. The van der Waals surface area contributed by atoms with Crippen molar-refractivity contribution in [2.75, 3.05) is 12.4 Å². The van der Waals surface area contributed by atoms with Gasteiger partial charge in [-0.1, -0.05) is 53.5 Å². The zero-order valence-electron chi connectivity index (χ0n) is 15.3. The van der Waals surface area contributed by atoms with Crippen LogP contribution in [0.2, 0.25) is 10.2 Å². The Morgan fingerprint density at radius 3 is 2.31 bits per heavy atom. The molecular weight excluding hydrogens is 433 g/mol. The number of pyridine rings is 1. The first-order valence-corrected chi connectivity index (χ1v) is 10.7. The molecule has 1 N–H and O–H groups in total. The maximum Gasteiger partial charge on any atom is 0.275 e.